The van der Waals surface area contributed by atoms with Gasteiger partial charge in [-0.05, 0) is 24.2 Å². The number of nitrogens with one attached hydrogen (secondary N) is 2. The molecular weight excluding hydrogens is 274 g/mol. The Balaban J connectivity index is 1.71. The van der Waals surface area contributed by atoms with Crippen molar-refractivity contribution < 1.29 is 14.7 Å². The van der Waals surface area contributed by atoms with Crippen LogP contribution in [-0.4, -0.2) is 38.6 Å². The van der Waals surface area contributed by atoms with Gasteiger partial charge in [-0.1, -0.05) is 19.1 Å². The number of carboxylic acid groups (broad SMARTS) is 1. The van der Waals surface area contributed by atoms with Crippen LogP contribution in [0.3, 0.4) is 0 Å². The van der Waals surface area contributed by atoms with Gasteiger partial charge < -0.3 is 15.7 Å². The molecule has 1 saturated carbocycles. The minimum absolute atomic E-state index is 0.222. The van der Waals surface area contributed by atoms with E-state index in [2.05, 4.69) is 34.8 Å². The minimum atomic E-state index is -0.986. The molecule has 3 N–H and O–H groups in total. The summed E-state index contributed by atoms with van der Waals surface area (Å²) < 4.78 is 1.22. The Kier molecular flexibility index (Phi) is 4.44. The maximum absolute atomic E-state index is 11.7. The highest BCUT2D eigenvalue weighted by Crippen LogP contribution is 2.51. The van der Waals surface area contributed by atoms with E-state index in [9.17, 15) is 9.59 Å². The quantitative estimate of drug-likeness (QED) is 0.682. The summed E-state index contributed by atoms with van der Waals surface area (Å²) in [5.74, 6) is -0.422. The molecular formula is C13H21N5O3. The van der Waals surface area contributed by atoms with Crippen molar-refractivity contribution in [1.82, 2.24) is 25.6 Å². The average Bonchev–Trinajstić information content (AvgIpc) is 3.09. The lowest BCUT2D eigenvalue weighted by Gasteiger charge is -2.20. The maximum atomic E-state index is 11.7. The van der Waals surface area contributed by atoms with Crippen LogP contribution in [0.5, 0.6) is 0 Å². The van der Waals surface area contributed by atoms with Gasteiger partial charge in [-0.15, -0.1) is 5.10 Å². The Labute approximate surface area is 122 Å². The molecule has 1 aromatic rings. The molecule has 0 radical (unpaired) electrons. The Hall–Kier alpha value is -2.12. The number of rotatable bonds is 7. The molecule has 1 fully saturated rings. The zero-order valence-electron chi connectivity index (χ0n) is 12.3. The van der Waals surface area contributed by atoms with E-state index in [-0.39, 0.29) is 24.5 Å². The topological polar surface area (TPSA) is 109 Å². The van der Waals surface area contributed by atoms with E-state index in [1.165, 1.54) is 10.9 Å². The van der Waals surface area contributed by atoms with Gasteiger partial charge in [-0.25, -0.2) is 9.48 Å². The first kappa shape index (κ1) is 15.3. The van der Waals surface area contributed by atoms with Crippen LogP contribution in [0.4, 0.5) is 4.79 Å². The molecule has 2 rings (SSSR count). The van der Waals surface area contributed by atoms with Crippen molar-refractivity contribution in [2.45, 2.75) is 39.8 Å². The van der Waals surface area contributed by atoms with Crippen molar-refractivity contribution in [2.75, 3.05) is 6.54 Å². The number of hydrogen-bond acceptors (Lipinski definition) is 4. The molecule has 0 bridgehead atoms. The predicted molar refractivity (Wildman–Crippen MR) is 74.4 cm³/mol. The van der Waals surface area contributed by atoms with Crippen LogP contribution in [-0.2, 0) is 17.9 Å². The smallest absolute Gasteiger partial charge is 0.325 e. The van der Waals surface area contributed by atoms with Gasteiger partial charge in [-0.2, -0.15) is 0 Å². The second-order valence-electron chi connectivity index (χ2n) is 5.85. The van der Waals surface area contributed by atoms with Gasteiger partial charge in [0, 0.05) is 6.54 Å². The van der Waals surface area contributed by atoms with E-state index >= 15 is 0 Å². The fourth-order valence-corrected chi connectivity index (χ4v) is 2.24. The van der Waals surface area contributed by atoms with Crippen LogP contribution in [0.1, 0.15) is 32.4 Å². The van der Waals surface area contributed by atoms with Gasteiger partial charge in [0.1, 0.15) is 12.2 Å². The first-order valence-corrected chi connectivity index (χ1v) is 7.04. The fraction of sp³-hybridized carbons (Fsp3) is 0.692. The lowest BCUT2D eigenvalue weighted by atomic mass is 9.92. The standard InChI is InChI=1S/C13H21N5O3/c1-9(2)13(3-4-13)8-15-12(21)14-5-10-6-18(17-16-10)7-11(19)20/h6,9H,3-5,7-8H2,1-2H3,(H,19,20)(H2,14,15,21). The maximum Gasteiger partial charge on any atom is 0.325 e. The second-order valence-corrected chi connectivity index (χ2v) is 5.85. The molecule has 0 spiro atoms. The highest BCUT2D eigenvalue weighted by Gasteiger charge is 2.45. The third kappa shape index (κ3) is 4.17. The zero-order valence-corrected chi connectivity index (χ0v) is 12.3. The van der Waals surface area contributed by atoms with Crippen LogP contribution in [0.25, 0.3) is 0 Å². The van der Waals surface area contributed by atoms with Gasteiger partial charge in [0.15, 0.2) is 0 Å². The fourth-order valence-electron chi connectivity index (χ4n) is 2.24. The highest BCUT2D eigenvalue weighted by molar-refractivity contribution is 5.73. The highest BCUT2D eigenvalue weighted by atomic mass is 16.4. The number of carbonyl (C=O) groups excluding carboxylic acids is 1. The molecule has 0 unspecified atom stereocenters. The van der Waals surface area contributed by atoms with Crippen molar-refractivity contribution in [2.24, 2.45) is 11.3 Å². The summed E-state index contributed by atoms with van der Waals surface area (Å²) >= 11 is 0. The van der Waals surface area contributed by atoms with Crippen molar-refractivity contribution in [3.8, 4) is 0 Å². The van der Waals surface area contributed by atoms with Gasteiger partial charge >= 0.3 is 12.0 Å². The summed E-state index contributed by atoms with van der Waals surface area (Å²) in [6, 6.07) is -0.241. The lowest BCUT2D eigenvalue weighted by Crippen LogP contribution is -2.39. The summed E-state index contributed by atoms with van der Waals surface area (Å²) in [5.41, 5.74) is 0.790. The Morgan fingerprint density at radius 3 is 2.71 bits per heavy atom. The lowest BCUT2D eigenvalue weighted by molar-refractivity contribution is -0.137. The number of aromatic nitrogens is 3. The van der Waals surface area contributed by atoms with Crippen molar-refractivity contribution >= 4 is 12.0 Å². The van der Waals surface area contributed by atoms with Gasteiger partial charge in [0.2, 0.25) is 0 Å². The zero-order chi connectivity index (χ0) is 15.5. The molecule has 116 valence electrons. The third-order valence-corrected chi connectivity index (χ3v) is 4.03. The molecule has 0 aromatic carbocycles. The molecule has 1 aliphatic rings. The van der Waals surface area contributed by atoms with Crippen molar-refractivity contribution in [3.63, 3.8) is 0 Å². The van der Waals surface area contributed by atoms with Crippen molar-refractivity contribution in [1.29, 1.82) is 0 Å². The van der Waals surface area contributed by atoms with Gasteiger partial charge in [0.25, 0.3) is 0 Å². The normalized spacial score (nSPS) is 15.8. The van der Waals surface area contributed by atoms with Crippen LogP contribution in [0.15, 0.2) is 6.20 Å². The minimum Gasteiger partial charge on any atom is -0.480 e. The summed E-state index contributed by atoms with van der Waals surface area (Å²) in [5, 5.41) is 21.7. The summed E-state index contributed by atoms with van der Waals surface area (Å²) in [6.07, 6.45) is 3.83. The largest absolute Gasteiger partial charge is 0.480 e. The first-order valence-electron chi connectivity index (χ1n) is 7.04. The Morgan fingerprint density at radius 2 is 2.14 bits per heavy atom. The van der Waals surface area contributed by atoms with E-state index in [1.54, 1.807) is 0 Å². The number of urea groups is 1. The van der Waals surface area contributed by atoms with E-state index in [1.807, 2.05) is 0 Å². The van der Waals surface area contributed by atoms with Gasteiger partial charge in [0.05, 0.1) is 12.7 Å². The number of amides is 2. The van der Waals surface area contributed by atoms with E-state index in [0.29, 0.717) is 18.2 Å². The van der Waals surface area contributed by atoms with Crippen LogP contribution >= 0.6 is 0 Å². The average molecular weight is 295 g/mol. The molecule has 1 aliphatic carbocycles. The SMILES string of the molecule is CC(C)C1(CNC(=O)NCc2cn(CC(=O)O)nn2)CC1. The summed E-state index contributed by atoms with van der Waals surface area (Å²) in [4.78, 5) is 22.2. The van der Waals surface area contributed by atoms with E-state index in [0.717, 1.165) is 12.8 Å². The van der Waals surface area contributed by atoms with Crippen LogP contribution < -0.4 is 10.6 Å². The summed E-state index contributed by atoms with van der Waals surface area (Å²) in [7, 11) is 0. The number of hydrogen-bond donors (Lipinski definition) is 3. The molecule has 1 aromatic heterocycles. The number of carboxylic acids is 1. The monoisotopic (exact) mass is 295 g/mol. The third-order valence-electron chi connectivity index (χ3n) is 4.03. The number of nitrogens with zero attached hydrogens (tertiary/aromatic N) is 3. The Morgan fingerprint density at radius 1 is 1.43 bits per heavy atom. The number of aliphatic carboxylic acids is 1. The van der Waals surface area contributed by atoms with Crippen LogP contribution in [0.2, 0.25) is 0 Å². The molecule has 0 aliphatic heterocycles. The Bertz CT molecular complexity index is 522. The van der Waals surface area contributed by atoms with E-state index < -0.39 is 5.97 Å². The molecule has 0 atom stereocenters. The molecule has 2 amide bonds. The van der Waals surface area contributed by atoms with Crippen molar-refractivity contribution in [3.05, 3.63) is 11.9 Å². The summed E-state index contributed by atoms with van der Waals surface area (Å²) in [6.45, 7) is 5.01. The molecule has 1 heterocycles. The van der Waals surface area contributed by atoms with E-state index in [4.69, 9.17) is 5.11 Å². The number of carbonyl (C=O) groups is 2. The first-order chi connectivity index (χ1) is 9.91. The molecule has 21 heavy (non-hydrogen) atoms. The molecule has 8 heteroatoms. The van der Waals surface area contributed by atoms with Gasteiger partial charge in [-0.3, -0.25) is 4.79 Å². The molecule has 0 saturated heterocycles. The second kappa shape index (κ2) is 6.11. The molecule has 8 nitrogen and oxygen atoms in total. The predicted octanol–water partition coefficient (Wildman–Crippen LogP) is 0.598. The van der Waals surface area contributed by atoms with Crippen LogP contribution in [0, 0.1) is 11.3 Å².